The Balaban J connectivity index is 0.000000256. The van der Waals surface area contributed by atoms with Crippen LogP contribution in [0.2, 0.25) is 10.0 Å². The lowest BCUT2D eigenvalue weighted by Gasteiger charge is -2.26. The van der Waals surface area contributed by atoms with Crippen molar-refractivity contribution in [2.45, 2.75) is 103 Å². The van der Waals surface area contributed by atoms with E-state index < -0.39 is 70.3 Å². The van der Waals surface area contributed by atoms with Crippen molar-refractivity contribution < 1.29 is 133 Å². The molecule has 5 aliphatic heterocycles. The summed E-state index contributed by atoms with van der Waals surface area (Å²) >= 11 is 12.4. The first-order valence-corrected chi connectivity index (χ1v) is 40.6. The summed E-state index contributed by atoms with van der Waals surface area (Å²) in [6.07, 6.45) is 38.0. The molecule has 0 radical (unpaired) electrons. The second-order valence-corrected chi connectivity index (χ2v) is 27.9. The zero-order valence-corrected chi connectivity index (χ0v) is 69.7. The molecule has 4 aromatic rings. The number of allylic oxidation sites excluding steroid dienone is 12. The van der Waals surface area contributed by atoms with Gasteiger partial charge in [0.05, 0.1) is 79.1 Å². The van der Waals surface area contributed by atoms with Gasteiger partial charge in [0.1, 0.15) is 68.2 Å². The predicted molar refractivity (Wildman–Crippen MR) is 457 cm³/mol. The first kappa shape index (κ1) is 100. The Morgan fingerprint density at radius 3 is 0.976 bits per heavy atom. The van der Waals surface area contributed by atoms with Gasteiger partial charge in [-0.2, -0.15) is 0 Å². The van der Waals surface area contributed by atoms with Crippen LogP contribution < -0.4 is 21.3 Å². The summed E-state index contributed by atoms with van der Waals surface area (Å²) in [5.41, 5.74) is 1.88. The van der Waals surface area contributed by atoms with Crippen LogP contribution in [0, 0.1) is 0 Å². The van der Waals surface area contributed by atoms with Crippen molar-refractivity contribution in [1.82, 2.24) is 26.2 Å². The van der Waals surface area contributed by atoms with Gasteiger partial charge < -0.3 is 121 Å². The quantitative estimate of drug-likeness (QED) is 0.0194. The van der Waals surface area contributed by atoms with Crippen molar-refractivity contribution in [3.8, 4) is 46.0 Å². The van der Waals surface area contributed by atoms with E-state index in [1.807, 2.05) is 72.9 Å². The van der Waals surface area contributed by atoms with E-state index >= 15 is 0 Å². The Morgan fingerprint density at radius 1 is 0.371 bits per heavy atom. The normalized spacial score (nSPS) is 19.2. The molecule has 4 amide bonds. The van der Waals surface area contributed by atoms with Crippen LogP contribution in [0.5, 0.6) is 46.0 Å². The van der Waals surface area contributed by atoms with Gasteiger partial charge in [-0.1, -0.05) is 117 Å². The molecule has 38 heteroatoms. The molecular weight excluding hydrogens is 1660 g/mol. The maximum atomic E-state index is 12.6. The number of oxime groups is 4. The number of nitrogens with zero attached hydrogens (tertiary/aromatic N) is 5. The van der Waals surface area contributed by atoms with E-state index in [0.29, 0.717) is 85.6 Å². The minimum atomic E-state index is -0.785. The second-order valence-electron chi connectivity index (χ2n) is 27.1. The number of aliphatic hydroxyl groups excluding tert-OH is 3. The number of phenols is 8. The minimum absolute atomic E-state index is 0.0261. The molecule has 670 valence electrons. The first-order chi connectivity index (χ1) is 59.9. The van der Waals surface area contributed by atoms with Gasteiger partial charge in [-0.15, -0.1) is 0 Å². The fraction of sp³-hybridized carbons (Fsp3) is 0.395. The number of piperazine rings is 1. The lowest BCUT2D eigenvalue weighted by Crippen LogP contribution is -2.47. The van der Waals surface area contributed by atoms with Crippen LogP contribution in [0.4, 0.5) is 0 Å². The van der Waals surface area contributed by atoms with Gasteiger partial charge in [-0.25, -0.2) is 19.2 Å². The monoisotopic (exact) mass is 1770 g/mol. The first-order valence-electron chi connectivity index (χ1n) is 39.8. The topological polar surface area (TPSA) is 534 Å². The minimum Gasteiger partial charge on any atom is -0.508 e. The molecule has 0 unspecified atom stereocenters. The van der Waals surface area contributed by atoms with Crippen molar-refractivity contribution in [2.75, 3.05) is 118 Å². The molecule has 15 N–H and O–H groups in total. The number of rotatable bonds is 18. The molecule has 1 fully saturated rings. The molecule has 5 aliphatic rings. The maximum Gasteiger partial charge on any atom is 0.342 e. The van der Waals surface area contributed by atoms with E-state index in [2.05, 4.69) is 41.9 Å². The highest BCUT2D eigenvalue weighted by Gasteiger charge is 2.29. The molecule has 1 saturated heterocycles. The van der Waals surface area contributed by atoms with Gasteiger partial charge in [-0.05, 0) is 136 Å². The molecule has 124 heavy (non-hydrogen) atoms. The van der Waals surface area contributed by atoms with Crippen LogP contribution in [0.15, 0.2) is 154 Å². The van der Waals surface area contributed by atoms with E-state index in [4.69, 9.17) is 76.8 Å². The molecular formula is C86H105Cl2N9O27. The fourth-order valence-corrected chi connectivity index (χ4v) is 12.1. The molecule has 9 rings (SSSR count). The highest BCUT2D eigenvalue weighted by atomic mass is 35.5. The third-order valence-corrected chi connectivity index (χ3v) is 18.4. The Morgan fingerprint density at radius 2 is 0.653 bits per heavy atom. The smallest absolute Gasteiger partial charge is 0.342 e. The zero-order valence-electron chi connectivity index (χ0n) is 68.2. The predicted octanol–water partition coefficient (Wildman–Crippen LogP) is 7.93. The summed E-state index contributed by atoms with van der Waals surface area (Å²) in [5.74, 6) is -7.40. The van der Waals surface area contributed by atoms with Gasteiger partial charge in [-0.3, -0.25) is 19.2 Å². The fourth-order valence-electron chi connectivity index (χ4n) is 11.7. The summed E-state index contributed by atoms with van der Waals surface area (Å²) in [4.78, 5) is 120. The highest BCUT2D eigenvalue weighted by Crippen LogP contribution is 2.40. The summed E-state index contributed by atoms with van der Waals surface area (Å²) in [5, 5.41) is 133. The number of carbonyl (C=O) groups is 8. The summed E-state index contributed by atoms with van der Waals surface area (Å²) in [7, 11) is 0. The van der Waals surface area contributed by atoms with Crippen molar-refractivity contribution in [3.05, 3.63) is 188 Å². The Bertz CT molecular complexity index is 4500. The number of phenolic OH excluding ortho intramolecular Hbond substituents is 8. The van der Waals surface area contributed by atoms with Crippen LogP contribution in [-0.2, 0) is 83.2 Å². The molecule has 0 bridgehead atoms. The number of benzene rings is 4. The van der Waals surface area contributed by atoms with Crippen LogP contribution in [0.3, 0.4) is 0 Å². The van der Waals surface area contributed by atoms with Gasteiger partial charge in [0.15, 0.2) is 26.4 Å². The Labute approximate surface area is 725 Å². The van der Waals surface area contributed by atoms with Crippen LogP contribution in [0.25, 0.3) is 0 Å². The number of nitrogens with one attached hydrogen (secondary N) is 4. The van der Waals surface area contributed by atoms with E-state index in [9.17, 15) is 79.2 Å². The lowest BCUT2D eigenvalue weighted by atomic mass is 9.99. The van der Waals surface area contributed by atoms with Crippen LogP contribution in [0.1, 0.15) is 141 Å². The van der Waals surface area contributed by atoms with Crippen molar-refractivity contribution in [1.29, 1.82) is 0 Å². The molecule has 0 aliphatic carbocycles. The summed E-state index contributed by atoms with van der Waals surface area (Å²) in [6.45, 7) is 1.75. The summed E-state index contributed by atoms with van der Waals surface area (Å²) in [6, 6.07) is 6.84. The number of hydrogen-bond acceptors (Lipinski definition) is 32. The second kappa shape index (κ2) is 56.8. The maximum absolute atomic E-state index is 12.6. The van der Waals surface area contributed by atoms with Crippen molar-refractivity contribution in [3.63, 3.8) is 0 Å². The van der Waals surface area contributed by atoms with Gasteiger partial charge in [0.2, 0.25) is 0 Å². The van der Waals surface area contributed by atoms with Crippen molar-refractivity contribution >= 4 is 93.6 Å². The van der Waals surface area contributed by atoms with E-state index in [0.717, 1.165) is 75.9 Å². The number of hydrogen-bond donors (Lipinski definition) is 15. The molecule has 4 aromatic carbocycles. The van der Waals surface area contributed by atoms with Gasteiger partial charge >= 0.3 is 23.9 Å². The van der Waals surface area contributed by atoms with Gasteiger partial charge in [0.25, 0.3) is 23.6 Å². The number of carbonyl (C=O) groups excluding carboxylic acids is 8. The van der Waals surface area contributed by atoms with Crippen LogP contribution in [-0.4, -0.2) is 250 Å². The third kappa shape index (κ3) is 36.5. The zero-order chi connectivity index (χ0) is 89.8. The average Bonchev–Trinajstić information content (AvgIpc) is 0.790. The third-order valence-electron chi connectivity index (χ3n) is 17.5. The standard InChI is InChI=1S/C23H29N3O6.2C21H25ClN2O7.C21H26N2O7/c27-19-14-17-13-18(25-32-16-21(29)26-10-8-24-9-11-26)7-5-3-1-2-4-6-12-31-23(30)22(17)20(28)15-19;2*22-20-15-11-14(24-31-13-18(28)23-8-9-25)7-5-3-1-2-4-6-10-30-21(29)19(15)16(26)12-17(20)27;24-9-8-22-19(27)14-30-23-16-7-5-3-1-2-4-6-10-29-21(28)20-15(11-16)12-17(25)13-18(20)26/h2,4-5,7,14-15,24,27-28H,1,3,6,8-13,16H2;2*2,4-5,7,12,25-27H,1,3,6,8-11,13H2,(H,23,28);2,4-5,7,12-13,24-26H,1,3,6,8-11,14H2,(H,22,27)/b4-2+,7-5+,25-18+;4-2+,7-5+,24-14+;4-2+,7-5+,24-14-;4-2+,7-5+,23-16-. The number of esters is 4. The Hall–Kier alpha value is -12.7. The highest BCUT2D eigenvalue weighted by molar-refractivity contribution is 6.34. The van der Waals surface area contributed by atoms with Gasteiger partial charge in [0, 0.05) is 95.8 Å². The molecule has 5 heterocycles. The molecule has 0 spiro atoms. The Kier molecular flexibility index (Phi) is 45.8. The lowest BCUT2D eigenvalue weighted by molar-refractivity contribution is -0.136. The molecule has 0 atom stereocenters. The molecule has 36 nitrogen and oxygen atoms in total. The number of ether oxygens (including phenoxy) is 4. The number of aliphatic hydroxyl groups is 3. The summed E-state index contributed by atoms with van der Waals surface area (Å²) < 4.78 is 20.9. The van der Waals surface area contributed by atoms with E-state index in [1.54, 1.807) is 29.2 Å². The van der Waals surface area contributed by atoms with Crippen LogP contribution >= 0.6 is 23.2 Å². The number of amides is 4. The van der Waals surface area contributed by atoms with Crippen molar-refractivity contribution in [2.24, 2.45) is 20.6 Å². The average molecular weight is 1770 g/mol. The SMILES string of the molecule is O=C(CO/N=C1/C=C/CC/C=C/CCOC(=O)c2c(O)cc(O)c(Cl)c2C1)NCCO.O=C(CO/N=C1/C=C/CC/C=C/CCOC(=O)c2c(O)cc(O)cc2C1)NCCO.O=C(CO/N=C1\C=C\CC/C=C/CCOC(=O)c2c(O)cc(O)c(Cl)c2C1)NCCO.O=C1OCC/C=C/CC/C=C/C(=N\OCC(=O)N2CCNCC2)Cc2cc(O)cc(O)c21. The largest absolute Gasteiger partial charge is 0.508 e. The number of aromatic hydroxyl groups is 8. The van der Waals surface area contributed by atoms with E-state index in [1.165, 1.54) is 12.1 Å². The van der Waals surface area contributed by atoms with E-state index in [-0.39, 0.29) is 185 Å². The molecule has 0 aromatic heterocycles. The number of fused-ring (bicyclic) bond motifs is 4. The number of halogens is 2. The molecule has 0 saturated carbocycles. The number of cyclic esters (lactones) is 4.